The molecule has 0 amide bonds. The standard InChI is InChI=1S/C12H22ClN3O3S/c1-9(2)6-10(4-5-17)7-14-20(18,19)11-8-16(3)12(13)15-11/h8-10,14,17H,4-7H2,1-3H3. The topological polar surface area (TPSA) is 84.2 Å². The van der Waals surface area contributed by atoms with Gasteiger partial charge in [0.15, 0.2) is 5.03 Å². The third-order valence-electron chi connectivity index (χ3n) is 2.98. The van der Waals surface area contributed by atoms with Crippen LogP contribution in [0.5, 0.6) is 0 Å². The number of aliphatic hydroxyl groups is 1. The van der Waals surface area contributed by atoms with Crippen LogP contribution in [0.3, 0.4) is 0 Å². The van der Waals surface area contributed by atoms with Crippen LogP contribution in [-0.2, 0) is 17.1 Å². The Balaban J connectivity index is 2.70. The summed E-state index contributed by atoms with van der Waals surface area (Å²) in [5, 5.41) is 9.06. The fourth-order valence-electron chi connectivity index (χ4n) is 2.00. The largest absolute Gasteiger partial charge is 0.396 e. The fourth-order valence-corrected chi connectivity index (χ4v) is 3.30. The normalized spacial score (nSPS) is 13.9. The van der Waals surface area contributed by atoms with Gasteiger partial charge < -0.3 is 9.67 Å². The van der Waals surface area contributed by atoms with Crippen molar-refractivity contribution in [3.63, 3.8) is 0 Å². The number of aromatic nitrogens is 2. The quantitative estimate of drug-likeness (QED) is 0.757. The van der Waals surface area contributed by atoms with Crippen molar-refractivity contribution in [1.29, 1.82) is 0 Å². The van der Waals surface area contributed by atoms with Crippen LogP contribution in [0.2, 0.25) is 5.28 Å². The number of aryl methyl sites for hydroxylation is 1. The van der Waals surface area contributed by atoms with E-state index >= 15 is 0 Å². The number of imidazole rings is 1. The van der Waals surface area contributed by atoms with E-state index in [4.69, 9.17) is 16.7 Å². The van der Waals surface area contributed by atoms with Crippen molar-refractivity contribution < 1.29 is 13.5 Å². The van der Waals surface area contributed by atoms with Gasteiger partial charge in [-0.3, -0.25) is 0 Å². The van der Waals surface area contributed by atoms with Crippen LogP contribution >= 0.6 is 11.6 Å². The molecule has 1 atom stereocenters. The average molecular weight is 324 g/mol. The summed E-state index contributed by atoms with van der Waals surface area (Å²) >= 11 is 5.74. The van der Waals surface area contributed by atoms with Crippen LogP contribution in [-0.4, -0.2) is 36.2 Å². The van der Waals surface area contributed by atoms with Gasteiger partial charge in [-0.1, -0.05) is 13.8 Å². The van der Waals surface area contributed by atoms with Gasteiger partial charge in [0, 0.05) is 26.4 Å². The molecule has 1 rings (SSSR count). The zero-order valence-corrected chi connectivity index (χ0v) is 13.6. The van der Waals surface area contributed by atoms with E-state index in [9.17, 15) is 8.42 Å². The Morgan fingerprint density at radius 2 is 2.15 bits per heavy atom. The molecule has 0 saturated carbocycles. The first-order valence-corrected chi connectivity index (χ1v) is 8.41. The molecule has 0 saturated heterocycles. The van der Waals surface area contributed by atoms with Gasteiger partial charge >= 0.3 is 0 Å². The first kappa shape index (κ1) is 17.4. The number of nitrogens with one attached hydrogen (secondary N) is 1. The molecule has 1 aromatic rings. The van der Waals surface area contributed by atoms with Crippen LogP contribution in [0.25, 0.3) is 0 Å². The molecular formula is C12H22ClN3O3S. The van der Waals surface area contributed by atoms with E-state index < -0.39 is 10.0 Å². The second kappa shape index (κ2) is 7.40. The highest BCUT2D eigenvalue weighted by Crippen LogP contribution is 2.16. The molecule has 0 spiro atoms. The van der Waals surface area contributed by atoms with E-state index in [1.54, 1.807) is 7.05 Å². The molecule has 0 radical (unpaired) electrons. The molecule has 0 aliphatic heterocycles. The van der Waals surface area contributed by atoms with Gasteiger partial charge in [0.05, 0.1) is 0 Å². The van der Waals surface area contributed by atoms with Crippen molar-refractivity contribution in [2.75, 3.05) is 13.2 Å². The van der Waals surface area contributed by atoms with Gasteiger partial charge in [-0.05, 0) is 36.3 Å². The summed E-state index contributed by atoms with van der Waals surface area (Å²) in [6.07, 6.45) is 2.80. The lowest BCUT2D eigenvalue weighted by Crippen LogP contribution is -2.30. The van der Waals surface area contributed by atoms with Crippen LogP contribution in [0.1, 0.15) is 26.7 Å². The average Bonchev–Trinajstić information content (AvgIpc) is 2.67. The summed E-state index contributed by atoms with van der Waals surface area (Å²) in [5.74, 6) is 0.550. The smallest absolute Gasteiger partial charge is 0.259 e. The first-order chi connectivity index (χ1) is 9.26. The van der Waals surface area contributed by atoms with Crippen LogP contribution in [0.4, 0.5) is 0 Å². The van der Waals surface area contributed by atoms with E-state index in [-0.39, 0.29) is 29.4 Å². The van der Waals surface area contributed by atoms with Gasteiger partial charge in [-0.2, -0.15) is 0 Å². The summed E-state index contributed by atoms with van der Waals surface area (Å²) in [5.41, 5.74) is 0. The van der Waals surface area contributed by atoms with Gasteiger partial charge in [0.25, 0.3) is 10.0 Å². The highest BCUT2D eigenvalue weighted by atomic mass is 35.5. The number of halogens is 1. The Labute approximate surface area is 125 Å². The molecule has 116 valence electrons. The Morgan fingerprint density at radius 3 is 2.60 bits per heavy atom. The molecule has 1 aromatic heterocycles. The Morgan fingerprint density at radius 1 is 1.50 bits per heavy atom. The first-order valence-electron chi connectivity index (χ1n) is 6.55. The fraction of sp³-hybridized carbons (Fsp3) is 0.750. The molecule has 1 heterocycles. The van der Waals surface area contributed by atoms with Gasteiger partial charge in [-0.15, -0.1) is 0 Å². The summed E-state index contributed by atoms with van der Waals surface area (Å²) in [6.45, 7) is 4.47. The summed E-state index contributed by atoms with van der Waals surface area (Å²) in [6, 6.07) is 0. The van der Waals surface area contributed by atoms with E-state index in [1.807, 2.05) is 0 Å². The van der Waals surface area contributed by atoms with Crippen molar-refractivity contribution in [1.82, 2.24) is 14.3 Å². The molecule has 0 aliphatic rings. The van der Waals surface area contributed by atoms with E-state index in [2.05, 4.69) is 23.6 Å². The van der Waals surface area contributed by atoms with E-state index in [0.717, 1.165) is 6.42 Å². The van der Waals surface area contributed by atoms with E-state index in [0.29, 0.717) is 12.3 Å². The number of aliphatic hydroxyl groups excluding tert-OH is 1. The Hall–Kier alpha value is -0.630. The monoisotopic (exact) mass is 323 g/mol. The molecule has 2 N–H and O–H groups in total. The third kappa shape index (κ3) is 5.05. The number of hydrogen-bond acceptors (Lipinski definition) is 4. The number of nitrogens with zero attached hydrogens (tertiary/aromatic N) is 2. The molecule has 0 aliphatic carbocycles. The lowest BCUT2D eigenvalue weighted by Gasteiger charge is -2.18. The number of sulfonamides is 1. The Kier molecular flexibility index (Phi) is 6.44. The summed E-state index contributed by atoms with van der Waals surface area (Å²) in [7, 11) is -2.03. The molecule has 6 nitrogen and oxygen atoms in total. The molecule has 0 bridgehead atoms. The van der Waals surface area contributed by atoms with Crippen molar-refractivity contribution in [2.24, 2.45) is 18.9 Å². The molecule has 20 heavy (non-hydrogen) atoms. The summed E-state index contributed by atoms with van der Waals surface area (Å²) in [4.78, 5) is 3.80. The molecular weight excluding hydrogens is 302 g/mol. The van der Waals surface area contributed by atoms with Crippen molar-refractivity contribution >= 4 is 21.6 Å². The third-order valence-corrected chi connectivity index (χ3v) is 4.62. The van der Waals surface area contributed by atoms with Crippen molar-refractivity contribution in [3.05, 3.63) is 11.5 Å². The number of hydrogen-bond donors (Lipinski definition) is 2. The SMILES string of the molecule is CC(C)CC(CCO)CNS(=O)(=O)c1cn(C)c(Cl)n1. The molecule has 0 aromatic carbocycles. The van der Waals surface area contributed by atoms with Gasteiger partial charge in [0.1, 0.15) is 0 Å². The minimum Gasteiger partial charge on any atom is -0.396 e. The Bertz CT molecular complexity index is 509. The lowest BCUT2D eigenvalue weighted by atomic mass is 9.95. The predicted octanol–water partition coefficient (Wildman–Crippen LogP) is 1.40. The lowest BCUT2D eigenvalue weighted by molar-refractivity contribution is 0.243. The maximum absolute atomic E-state index is 12.1. The van der Waals surface area contributed by atoms with Crippen LogP contribution in [0.15, 0.2) is 11.2 Å². The second-order valence-corrected chi connectivity index (χ2v) is 7.37. The van der Waals surface area contributed by atoms with Crippen molar-refractivity contribution in [2.45, 2.75) is 31.7 Å². The molecule has 0 fully saturated rings. The van der Waals surface area contributed by atoms with E-state index in [1.165, 1.54) is 10.8 Å². The molecule has 8 heteroatoms. The molecule has 1 unspecified atom stereocenters. The number of rotatable bonds is 8. The van der Waals surface area contributed by atoms with Gasteiger partial charge in [0.2, 0.25) is 5.28 Å². The summed E-state index contributed by atoms with van der Waals surface area (Å²) < 4.78 is 28.1. The zero-order valence-electron chi connectivity index (χ0n) is 12.0. The van der Waals surface area contributed by atoms with Gasteiger partial charge in [-0.25, -0.2) is 18.1 Å². The van der Waals surface area contributed by atoms with Crippen LogP contribution in [0, 0.1) is 11.8 Å². The maximum atomic E-state index is 12.1. The minimum absolute atomic E-state index is 0.0501. The second-order valence-electron chi connectivity index (χ2n) is 5.32. The predicted molar refractivity (Wildman–Crippen MR) is 78.1 cm³/mol. The highest BCUT2D eigenvalue weighted by molar-refractivity contribution is 7.89. The highest BCUT2D eigenvalue weighted by Gasteiger charge is 2.21. The maximum Gasteiger partial charge on any atom is 0.259 e. The zero-order chi connectivity index (χ0) is 15.3. The van der Waals surface area contributed by atoms with Crippen LogP contribution < -0.4 is 4.72 Å². The van der Waals surface area contributed by atoms with Crippen molar-refractivity contribution in [3.8, 4) is 0 Å². The minimum atomic E-state index is -3.66.